The van der Waals surface area contributed by atoms with Crippen molar-refractivity contribution in [2.75, 3.05) is 5.75 Å². The molecule has 0 amide bonds. The van der Waals surface area contributed by atoms with Crippen molar-refractivity contribution in [3.05, 3.63) is 0 Å². The number of hydrogen-bond acceptors (Lipinski definition) is 2. The van der Waals surface area contributed by atoms with E-state index in [1.807, 2.05) is 6.92 Å². The predicted octanol–water partition coefficient (Wildman–Crippen LogP) is 1.49. The van der Waals surface area contributed by atoms with Crippen molar-refractivity contribution in [2.45, 2.75) is 19.1 Å². The molecule has 56 valence electrons. The van der Waals surface area contributed by atoms with Gasteiger partial charge in [-0.15, -0.1) is 12.4 Å². The van der Waals surface area contributed by atoms with Gasteiger partial charge >= 0.3 is 0 Å². The van der Waals surface area contributed by atoms with E-state index in [0.717, 1.165) is 5.75 Å². The van der Waals surface area contributed by atoms with Crippen LogP contribution >= 0.6 is 24.2 Å². The van der Waals surface area contributed by atoms with Gasteiger partial charge in [-0.3, -0.25) is 5.41 Å². The molecule has 0 saturated heterocycles. The Morgan fingerprint density at radius 2 is 2.22 bits per heavy atom. The van der Waals surface area contributed by atoms with Crippen LogP contribution in [0.1, 0.15) is 13.8 Å². The topological polar surface area (TPSA) is 49.9 Å². The molecule has 0 aliphatic heterocycles. The molecule has 0 radical (unpaired) electrons. The summed E-state index contributed by atoms with van der Waals surface area (Å²) in [6.45, 7) is 4.00. The van der Waals surface area contributed by atoms with Crippen molar-refractivity contribution >= 4 is 30.0 Å². The van der Waals surface area contributed by atoms with Crippen molar-refractivity contribution in [1.82, 2.24) is 0 Å². The van der Waals surface area contributed by atoms with Crippen LogP contribution in [0.15, 0.2) is 0 Å². The van der Waals surface area contributed by atoms with E-state index in [4.69, 9.17) is 11.1 Å². The van der Waals surface area contributed by atoms with Crippen LogP contribution in [0.4, 0.5) is 0 Å². The van der Waals surface area contributed by atoms with Gasteiger partial charge in [0.1, 0.15) is 5.84 Å². The smallest absolute Gasteiger partial charge is 0.104 e. The lowest BCUT2D eigenvalue weighted by molar-refractivity contribution is 1.22. The first kappa shape index (κ1) is 11.9. The lowest BCUT2D eigenvalue weighted by atomic mass is 10.4. The minimum absolute atomic E-state index is 0. The van der Waals surface area contributed by atoms with E-state index in [2.05, 4.69) is 6.92 Å². The number of hydrogen-bond donors (Lipinski definition) is 2. The fraction of sp³-hybridized carbons (Fsp3) is 0.800. The van der Waals surface area contributed by atoms with Gasteiger partial charge in [-0.05, 0) is 12.7 Å². The van der Waals surface area contributed by atoms with Crippen molar-refractivity contribution in [1.29, 1.82) is 5.41 Å². The summed E-state index contributed by atoms with van der Waals surface area (Å²) in [6.07, 6.45) is 0. The second-order valence-electron chi connectivity index (χ2n) is 1.55. The lowest BCUT2D eigenvalue weighted by Gasteiger charge is -2.04. The Morgan fingerprint density at radius 1 is 1.78 bits per heavy atom. The summed E-state index contributed by atoms with van der Waals surface area (Å²) in [5.74, 6) is 1.30. The maximum Gasteiger partial charge on any atom is 0.104 e. The molecule has 1 unspecified atom stereocenters. The summed E-state index contributed by atoms with van der Waals surface area (Å²) in [6, 6.07) is 0. The lowest BCUT2D eigenvalue weighted by Crippen LogP contribution is -2.21. The summed E-state index contributed by atoms with van der Waals surface area (Å²) in [4.78, 5) is 0. The molecule has 0 aliphatic carbocycles. The first-order valence-corrected chi connectivity index (χ1v) is 3.68. The van der Waals surface area contributed by atoms with Gasteiger partial charge in [0, 0.05) is 0 Å². The van der Waals surface area contributed by atoms with Crippen LogP contribution in [0.2, 0.25) is 0 Å². The third kappa shape index (κ3) is 5.99. The fourth-order valence-electron chi connectivity index (χ4n) is 0.340. The van der Waals surface area contributed by atoms with Crippen LogP contribution in [0.25, 0.3) is 0 Å². The van der Waals surface area contributed by atoms with Crippen molar-refractivity contribution in [2.24, 2.45) is 5.73 Å². The average molecular weight is 169 g/mol. The van der Waals surface area contributed by atoms with E-state index in [-0.39, 0.29) is 23.5 Å². The Balaban J connectivity index is 0. The zero-order chi connectivity index (χ0) is 6.57. The zero-order valence-corrected chi connectivity index (χ0v) is 7.31. The van der Waals surface area contributed by atoms with Gasteiger partial charge < -0.3 is 5.73 Å². The molecule has 3 N–H and O–H groups in total. The van der Waals surface area contributed by atoms with E-state index in [0.29, 0.717) is 0 Å². The minimum atomic E-state index is 0. The number of thioether (sulfide) groups is 1. The maximum atomic E-state index is 6.96. The minimum Gasteiger partial charge on any atom is -0.387 e. The number of amidine groups is 1. The van der Waals surface area contributed by atoms with Crippen LogP contribution < -0.4 is 5.73 Å². The second kappa shape index (κ2) is 6.23. The van der Waals surface area contributed by atoms with E-state index in [1.54, 1.807) is 11.8 Å². The number of nitrogens with two attached hydrogens (primary N) is 1. The molecule has 4 heteroatoms. The van der Waals surface area contributed by atoms with Crippen molar-refractivity contribution in [3.8, 4) is 0 Å². The highest BCUT2D eigenvalue weighted by Crippen LogP contribution is 2.07. The quantitative estimate of drug-likeness (QED) is 0.496. The van der Waals surface area contributed by atoms with E-state index in [1.165, 1.54) is 0 Å². The van der Waals surface area contributed by atoms with E-state index >= 15 is 0 Å². The normalized spacial score (nSPS) is 11.8. The molecule has 0 aliphatic rings. The van der Waals surface area contributed by atoms with Gasteiger partial charge in [0.05, 0.1) is 5.25 Å². The molecule has 0 aromatic rings. The van der Waals surface area contributed by atoms with Crippen LogP contribution in [-0.4, -0.2) is 16.8 Å². The standard InChI is InChI=1S/C5H12N2S.ClH/c1-3-8-4(2)5(6)7;/h4H,3H2,1-2H3,(H3,6,7);1H. The Labute approximate surface area is 66.5 Å². The third-order valence-corrected chi connectivity index (χ3v) is 1.94. The third-order valence-electron chi connectivity index (χ3n) is 0.855. The van der Waals surface area contributed by atoms with Gasteiger partial charge in [0.2, 0.25) is 0 Å². The largest absolute Gasteiger partial charge is 0.387 e. The molecule has 0 aromatic carbocycles. The highest BCUT2D eigenvalue weighted by Gasteiger charge is 2.01. The van der Waals surface area contributed by atoms with Gasteiger partial charge in [-0.1, -0.05) is 6.92 Å². The molecule has 1 atom stereocenters. The molecular weight excluding hydrogens is 156 g/mol. The maximum absolute atomic E-state index is 6.96. The van der Waals surface area contributed by atoms with E-state index in [9.17, 15) is 0 Å². The monoisotopic (exact) mass is 168 g/mol. The summed E-state index contributed by atoms with van der Waals surface area (Å²) >= 11 is 1.69. The first-order chi connectivity index (χ1) is 3.68. The van der Waals surface area contributed by atoms with Crippen molar-refractivity contribution < 1.29 is 0 Å². The van der Waals surface area contributed by atoms with Crippen LogP contribution in [0, 0.1) is 5.41 Å². The van der Waals surface area contributed by atoms with Crippen LogP contribution in [0.3, 0.4) is 0 Å². The molecule has 9 heavy (non-hydrogen) atoms. The van der Waals surface area contributed by atoms with E-state index < -0.39 is 0 Å². The van der Waals surface area contributed by atoms with Gasteiger partial charge in [0.15, 0.2) is 0 Å². The highest BCUT2D eigenvalue weighted by atomic mass is 35.5. The Bertz CT molecular complexity index is 87.0. The van der Waals surface area contributed by atoms with Gasteiger partial charge in [-0.25, -0.2) is 0 Å². The summed E-state index contributed by atoms with van der Waals surface area (Å²) in [5.41, 5.74) is 5.18. The number of nitrogens with one attached hydrogen (secondary N) is 1. The van der Waals surface area contributed by atoms with Crippen LogP contribution in [0.5, 0.6) is 0 Å². The molecule has 0 bridgehead atoms. The SMILES string of the molecule is CCSC(C)C(=N)N.Cl. The average Bonchev–Trinajstić information content (AvgIpc) is 1.67. The molecule has 0 fully saturated rings. The number of rotatable bonds is 3. The fourth-order valence-corrected chi connectivity index (χ4v) is 1.02. The summed E-state index contributed by atoms with van der Waals surface area (Å²) in [5, 5.41) is 7.16. The Kier molecular flexibility index (Phi) is 8.21. The Hall–Kier alpha value is 0.110. The molecule has 0 aromatic heterocycles. The Morgan fingerprint density at radius 3 is 2.33 bits per heavy atom. The molecule has 0 heterocycles. The second-order valence-corrected chi connectivity index (χ2v) is 3.17. The predicted molar refractivity (Wildman–Crippen MR) is 46.8 cm³/mol. The van der Waals surface area contributed by atoms with Crippen molar-refractivity contribution in [3.63, 3.8) is 0 Å². The number of halogens is 1. The zero-order valence-electron chi connectivity index (χ0n) is 5.68. The molecule has 0 saturated carbocycles. The molecule has 0 rings (SSSR count). The van der Waals surface area contributed by atoms with Gasteiger partial charge in [-0.2, -0.15) is 11.8 Å². The summed E-state index contributed by atoms with van der Waals surface area (Å²) < 4.78 is 0. The first-order valence-electron chi connectivity index (χ1n) is 2.64. The molecule has 2 nitrogen and oxygen atoms in total. The molecule has 0 spiro atoms. The van der Waals surface area contributed by atoms with Gasteiger partial charge in [0.25, 0.3) is 0 Å². The summed E-state index contributed by atoms with van der Waals surface area (Å²) in [7, 11) is 0. The molecular formula is C5H13ClN2S. The van der Waals surface area contributed by atoms with Crippen LogP contribution in [-0.2, 0) is 0 Å². The highest BCUT2D eigenvalue weighted by molar-refractivity contribution is 8.00.